The summed E-state index contributed by atoms with van der Waals surface area (Å²) in [7, 11) is -3.10. The summed E-state index contributed by atoms with van der Waals surface area (Å²) in [6.07, 6.45) is 4.57. The number of benzene rings is 1. The highest BCUT2D eigenvalue weighted by atomic mass is 32.2. The molecule has 1 N–H and O–H groups in total. The summed E-state index contributed by atoms with van der Waals surface area (Å²) in [6, 6.07) is 10.2. The van der Waals surface area contributed by atoms with E-state index in [4.69, 9.17) is 0 Å². The van der Waals surface area contributed by atoms with Gasteiger partial charge in [-0.1, -0.05) is 12.1 Å². The van der Waals surface area contributed by atoms with Gasteiger partial charge in [0.05, 0.1) is 11.4 Å². The number of amides is 1. The van der Waals surface area contributed by atoms with Gasteiger partial charge in [0.2, 0.25) is 0 Å². The van der Waals surface area contributed by atoms with Crippen molar-refractivity contribution in [1.29, 1.82) is 0 Å². The molecular weight excluding hydrogens is 358 g/mol. The van der Waals surface area contributed by atoms with Crippen molar-refractivity contribution in [3.63, 3.8) is 0 Å². The summed E-state index contributed by atoms with van der Waals surface area (Å²) in [6.45, 7) is 0. The molecule has 128 valence electrons. The van der Waals surface area contributed by atoms with E-state index in [1.165, 1.54) is 17.6 Å². The highest BCUT2D eigenvalue weighted by molar-refractivity contribution is 7.89. The predicted octanol–water partition coefficient (Wildman–Crippen LogP) is 3.00. The number of carbonyl (C=O) groups is 1. The summed E-state index contributed by atoms with van der Waals surface area (Å²) >= 11 is 1.33. The van der Waals surface area contributed by atoms with Crippen molar-refractivity contribution in [3.8, 4) is 11.3 Å². The van der Waals surface area contributed by atoms with Crippen LogP contribution in [0.1, 0.15) is 15.9 Å². The molecule has 3 rings (SSSR count). The van der Waals surface area contributed by atoms with Gasteiger partial charge in [0, 0.05) is 35.2 Å². The number of pyridine rings is 1. The number of rotatable bonds is 5. The quantitative estimate of drug-likeness (QED) is 0.743. The van der Waals surface area contributed by atoms with Gasteiger partial charge in [-0.25, -0.2) is 13.4 Å². The molecule has 25 heavy (non-hydrogen) atoms. The Kier molecular flexibility index (Phi) is 4.91. The number of nitrogens with one attached hydrogen (secondary N) is 1. The van der Waals surface area contributed by atoms with Gasteiger partial charge in [-0.05, 0) is 29.8 Å². The van der Waals surface area contributed by atoms with Gasteiger partial charge < -0.3 is 0 Å². The lowest BCUT2D eigenvalue weighted by Crippen LogP contribution is -2.11. The van der Waals surface area contributed by atoms with Crippen LogP contribution in [0.5, 0.6) is 0 Å². The number of thiazole rings is 1. The normalized spacial score (nSPS) is 11.2. The Balaban J connectivity index is 1.69. The monoisotopic (exact) mass is 373 g/mol. The van der Waals surface area contributed by atoms with Crippen LogP contribution in [0.4, 0.5) is 5.13 Å². The molecule has 0 atom stereocenters. The maximum Gasteiger partial charge on any atom is 0.257 e. The summed E-state index contributed by atoms with van der Waals surface area (Å²) in [4.78, 5) is 20.7. The molecule has 3 aromatic rings. The molecule has 0 saturated carbocycles. The second-order valence-corrected chi connectivity index (χ2v) is 8.50. The zero-order chi connectivity index (χ0) is 17.9. The maximum atomic E-state index is 12.3. The molecule has 0 spiro atoms. The molecule has 0 radical (unpaired) electrons. The van der Waals surface area contributed by atoms with Crippen LogP contribution in [0.2, 0.25) is 0 Å². The Morgan fingerprint density at radius 3 is 2.60 bits per heavy atom. The van der Waals surface area contributed by atoms with Crippen molar-refractivity contribution in [3.05, 3.63) is 65.3 Å². The van der Waals surface area contributed by atoms with Crippen molar-refractivity contribution in [1.82, 2.24) is 9.97 Å². The van der Waals surface area contributed by atoms with Gasteiger partial charge in [-0.2, -0.15) is 0 Å². The Morgan fingerprint density at radius 1 is 1.20 bits per heavy atom. The van der Waals surface area contributed by atoms with Gasteiger partial charge in [-0.15, -0.1) is 11.3 Å². The molecule has 0 aliphatic heterocycles. The predicted molar refractivity (Wildman–Crippen MR) is 98.3 cm³/mol. The smallest absolute Gasteiger partial charge is 0.257 e. The first-order chi connectivity index (χ1) is 11.9. The molecule has 2 aromatic heterocycles. The Bertz CT molecular complexity index is 981. The van der Waals surface area contributed by atoms with Crippen molar-refractivity contribution in [2.75, 3.05) is 11.6 Å². The number of aromatic nitrogens is 2. The second kappa shape index (κ2) is 7.12. The van der Waals surface area contributed by atoms with E-state index >= 15 is 0 Å². The number of hydrogen-bond donors (Lipinski definition) is 1. The average molecular weight is 373 g/mol. The first-order valence-electron chi connectivity index (χ1n) is 7.35. The molecule has 1 aromatic carbocycles. The lowest BCUT2D eigenvalue weighted by Gasteiger charge is -2.04. The molecule has 0 unspecified atom stereocenters. The number of hydrogen-bond acceptors (Lipinski definition) is 6. The zero-order valence-corrected chi connectivity index (χ0v) is 15.0. The minimum Gasteiger partial charge on any atom is -0.298 e. The number of nitrogens with zero attached hydrogens (tertiary/aromatic N) is 2. The SMILES string of the molecule is CS(=O)(=O)Cc1ccc(C(=O)Nc2nc(-c3cccnc3)cs2)cc1. The summed E-state index contributed by atoms with van der Waals surface area (Å²) in [5.41, 5.74) is 2.71. The Hall–Kier alpha value is -2.58. The first kappa shape index (κ1) is 17.2. The third-order valence-electron chi connectivity index (χ3n) is 3.33. The minimum atomic E-state index is -3.10. The van der Waals surface area contributed by atoms with Crippen LogP contribution >= 0.6 is 11.3 Å². The van der Waals surface area contributed by atoms with Crippen LogP contribution in [-0.4, -0.2) is 30.5 Å². The van der Waals surface area contributed by atoms with E-state index in [1.807, 2.05) is 17.5 Å². The highest BCUT2D eigenvalue weighted by Gasteiger charge is 2.11. The largest absolute Gasteiger partial charge is 0.298 e. The van der Waals surface area contributed by atoms with Crippen LogP contribution in [0.25, 0.3) is 11.3 Å². The molecular formula is C17H15N3O3S2. The zero-order valence-electron chi connectivity index (χ0n) is 13.3. The van der Waals surface area contributed by atoms with Crippen LogP contribution in [-0.2, 0) is 15.6 Å². The van der Waals surface area contributed by atoms with Gasteiger partial charge in [-0.3, -0.25) is 15.1 Å². The van der Waals surface area contributed by atoms with Gasteiger partial charge in [0.1, 0.15) is 0 Å². The number of carbonyl (C=O) groups excluding carboxylic acids is 1. The molecule has 0 bridgehead atoms. The molecule has 6 nitrogen and oxygen atoms in total. The summed E-state index contributed by atoms with van der Waals surface area (Å²) in [5.74, 6) is -0.339. The topological polar surface area (TPSA) is 89.0 Å². The molecule has 0 fully saturated rings. The molecule has 0 aliphatic rings. The third-order valence-corrected chi connectivity index (χ3v) is 4.94. The van der Waals surface area contributed by atoms with Crippen molar-refractivity contribution >= 4 is 32.2 Å². The fourth-order valence-electron chi connectivity index (χ4n) is 2.20. The summed E-state index contributed by atoms with van der Waals surface area (Å²) in [5, 5.41) is 5.08. The van der Waals surface area contributed by atoms with Crippen LogP contribution < -0.4 is 5.32 Å². The van der Waals surface area contributed by atoms with Gasteiger partial charge in [0.15, 0.2) is 15.0 Å². The van der Waals surface area contributed by atoms with Crippen molar-refractivity contribution in [2.24, 2.45) is 0 Å². The fourth-order valence-corrected chi connectivity index (χ4v) is 3.72. The third kappa shape index (κ3) is 4.71. The Labute approximate surface area is 149 Å². The summed E-state index contributed by atoms with van der Waals surface area (Å²) < 4.78 is 22.6. The second-order valence-electron chi connectivity index (χ2n) is 5.50. The van der Waals surface area contributed by atoms with E-state index in [0.717, 1.165) is 11.3 Å². The van der Waals surface area contributed by atoms with Crippen LogP contribution in [0.3, 0.4) is 0 Å². The van der Waals surface area contributed by atoms with Crippen LogP contribution in [0.15, 0.2) is 54.2 Å². The van der Waals surface area contributed by atoms with Crippen LogP contribution in [0, 0.1) is 0 Å². The van der Waals surface area contributed by atoms with E-state index in [-0.39, 0.29) is 11.7 Å². The highest BCUT2D eigenvalue weighted by Crippen LogP contribution is 2.24. The maximum absolute atomic E-state index is 12.3. The lowest BCUT2D eigenvalue weighted by molar-refractivity contribution is 0.102. The van der Waals surface area contributed by atoms with E-state index in [0.29, 0.717) is 16.3 Å². The first-order valence-corrected chi connectivity index (χ1v) is 10.3. The lowest BCUT2D eigenvalue weighted by atomic mass is 10.1. The number of anilines is 1. The van der Waals surface area contributed by atoms with Gasteiger partial charge in [0.25, 0.3) is 5.91 Å². The van der Waals surface area contributed by atoms with Gasteiger partial charge >= 0.3 is 0 Å². The van der Waals surface area contributed by atoms with E-state index < -0.39 is 9.84 Å². The Morgan fingerprint density at radius 2 is 1.96 bits per heavy atom. The average Bonchev–Trinajstić information content (AvgIpc) is 3.03. The fraction of sp³-hybridized carbons (Fsp3) is 0.118. The molecule has 8 heteroatoms. The molecule has 1 amide bonds. The van der Waals surface area contributed by atoms with Crippen molar-refractivity contribution in [2.45, 2.75) is 5.75 Å². The van der Waals surface area contributed by atoms with E-state index in [9.17, 15) is 13.2 Å². The molecule has 0 saturated heterocycles. The van der Waals surface area contributed by atoms with Crippen molar-refractivity contribution < 1.29 is 13.2 Å². The molecule has 2 heterocycles. The molecule has 0 aliphatic carbocycles. The standard InChI is InChI=1S/C17H15N3O3S2/c1-25(22,23)11-12-4-6-13(7-5-12)16(21)20-17-19-15(10-24-17)14-3-2-8-18-9-14/h2-10H,11H2,1H3,(H,19,20,21). The number of sulfone groups is 1. The van der Waals surface area contributed by atoms with E-state index in [2.05, 4.69) is 15.3 Å². The van der Waals surface area contributed by atoms with E-state index in [1.54, 1.807) is 36.7 Å². The minimum absolute atomic E-state index is 0.0458.